The zero-order valence-electron chi connectivity index (χ0n) is 13.6. The predicted molar refractivity (Wildman–Crippen MR) is 90.8 cm³/mol. The SMILES string of the molecule is CC1CN(C(=O)c2cc(S(=O)(=O)N3CCCC3)ccc2Cl)CCO1. The van der Waals surface area contributed by atoms with Crippen LogP contribution in [0.4, 0.5) is 0 Å². The third kappa shape index (κ3) is 3.44. The molecule has 2 aliphatic rings. The van der Waals surface area contributed by atoms with E-state index < -0.39 is 10.0 Å². The highest BCUT2D eigenvalue weighted by Crippen LogP contribution is 2.26. The van der Waals surface area contributed by atoms with Crippen LogP contribution in [0.25, 0.3) is 0 Å². The van der Waals surface area contributed by atoms with Crippen LogP contribution in [0, 0.1) is 0 Å². The average molecular weight is 373 g/mol. The maximum Gasteiger partial charge on any atom is 0.255 e. The van der Waals surface area contributed by atoms with Crippen molar-refractivity contribution >= 4 is 27.5 Å². The fourth-order valence-electron chi connectivity index (χ4n) is 3.08. The Morgan fingerprint density at radius 3 is 2.62 bits per heavy atom. The number of nitrogens with zero attached hydrogens (tertiary/aromatic N) is 2. The predicted octanol–water partition coefficient (Wildman–Crippen LogP) is 1.99. The average Bonchev–Trinajstić information content (AvgIpc) is 3.10. The molecule has 0 radical (unpaired) electrons. The molecule has 0 spiro atoms. The molecule has 132 valence electrons. The van der Waals surface area contributed by atoms with Crippen LogP contribution in [0.1, 0.15) is 30.1 Å². The lowest BCUT2D eigenvalue weighted by atomic mass is 10.1. The van der Waals surface area contributed by atoms with E-state index in [1.807, 2.05) is 6.92 Å². The fraction of sp³-hybridized carbons (Fsp3) is 0.562. The molecular weight excluding hydrogens is 352 g/mol. The monoisotopic (exact) mass is 372 g/mol. The molecule has 1 atom stereocenters. The van der Waals surface area contributed by atoms with Gasteiger partial charge in [0.1, 0.15) is 0 Å². The molecule has 2 aliphatic heterocycles. The van der Waals surface area contributed by atoms with Gasteiger partial charge in [-0.1, -0.05) is 11.6 Å². The first kappa shape index (κ1) is 17.7. The largest absolute Gasteiger partial charge is 0.375 e. The molecule has 0 N–H and O–H groups in total. The number of hydrogen-bond donors (Lipinski definition) is 0. The summed E-state index contributed by atoms with van der Waals surface area (Å²) in [5.41, 5.74) is 0.228. The molecule has 1 aromatic rings. The molecule has 0 saturated carbocycles. The summed E-state index contributed by atoms with van der Waals surface area (Å²) in [7, 11) is -3.57. The number of benzene rings is 1. The summed E-state index contributed by atoms with van der Waals surface area (Å²) in [4.78, 5) is 14.5. The van der Waals surface area contributed by atoms with Crippen LogP contribution in [0.5, 0.6) is 0 Å². The second kappa shape index (κ2) is 7.00. The first-order valence-electron chi connectivity index (χ1n) is 8.10. The lowest BCUT2D eigenvalue weighted by molar-refractivity contribution is -0.0124. The smallest absolute Gasteiger partial charge is 0.255 e. The Kier molecular flexibility index (Phi) is 5.15. The normalized spacial score (nSPS) is 22.8. The highest BCUT2D eigenvalue weighted by molar-refractivity contribution is 7.89. The number of ether oxygens (including phenoxy) is 1. The summed E-state index contributed by atoms with van der Waals surface area (Å²) in [5.74, 6) is -0.256. The Hall–Kier alpha value is -1.15. The van der Waals surface area contributed by atoms with E-state index in [4.69, 9.17) is 16.3 Å². The Morgan fingerprint density at radius 2 is 1.96 bits per heavy atom. The van der Waals surface area contributed by atoms with Gasteiger partial charge in [-0.25, -0.2) is 8.42 Å². The van der Waals surface area contributed by atoms with Crippen molar-refractivity contribution in [1.29, 1.82) is 0 Å². The maximum atomic E-state index is 12.7. The first-order valence-corrected chi connectivity index (χ1v) is 9.92. The van der Waals surface area contributed by atoms with Crippen molar-refractivity contribution in [3.05, 3.63) is 28.8 Å². The summed E-state index contributed by atoms with van der Waals surface area (Å²) in [6.45, 7) is 4.36. The highest BCUT2D eigenvalue weighted by Gasteiger charge is 2.30. The molecule has 0 aromatic heterocycles. The molecular formula is C16H21ClN2O4S. The first-order chi connectivity index (χ1) is 11.4. The molecule has 3 rings (SSSR count). The minimum Gasteiger partial charge on any atom is -0.375 e. The molecule has 8 heteroatoms. The van der Waals surface area contributed by atoms with Crippen molar-refractivity contribution in [3.8, 4) is 0 Å². The minimum atomic E-state index is -3.57. The fourth-order valence-corrected chi connectivity index (χ4v) is 4.82. The molecule has 1 unspecified atom stereocenters. The van der Waals surface area contributed by atoms with Crippen molar-refractivity contribution < 1.29 is 17.9 Å². The maximum absolute atomic E-state index is 12.7. The van der Waals surface area contributed by atoms with Gasteiger partial charge in [-0.15, -0.1) is 0 Å². The summed E-state index contributed by atoms with van der Waals surface area (Å²) in [6, 6.07) is 4.36. The molecule has 0 bridgehead atoms. The van der Waals surface area contributed by atoms with Crippen molar-refractivity contribution in [2.24, 2.45) is 0 Å². The van der Waals surface area contributed by atoms with Gasteiger partial charge in [-0.05, 0) is 38.0 Å². The molecule has 2 saturated heterocycles. The highest BCUT2D eigenvalue weighted by atomic mass is 35.5. The van der Waals surface area contributed by atoms with E-state index in [0.29, 0.717) is 32.8 Å². The van der Waals surface area contributed by atoms with Gasteiger partial charge in [0.2, 0.25) is 10.0 Å². The van der Waals surface area contributed by atoms with Crippen LogP contribution in [0.15, 0.2) is 23.1 Å². The van der Waals surface area contributed by atoms with E-state index in [1.54, 1.807) is 4.90 Å². The number of rotatable bonds is 3. The molecule has 6 nitrogen and oxygen atoms in total. The van der Waals surface area contributed by atoms with E-state index in [2.05, 4.69) is 0 Å². The zero-order valence-corrected chi connectivity index (χ0v) is 15.1. The third-order valence-corrected chi connectivity index (χ3v) is 6.62. The summed E-state index contributed by atoms with van der Waals surface area (Å²) < 4.78 is 32.3. The number of hydrogen-bond acceptors (Lipinski definition) is 4. The van der Waals surface area contributed by atoms with Gasteiger partial charge in [-0.3, -0.25) is 4.79 Å². The Bertz CT molecular complexity index is 732. The number of amides is 1. The van der Waals surface area contributed by atoms with Crippen LogP contribution in [-0.2, 0) is 14.8 Å². The second-order valence-corrected chi connectivity index (χ2v) is 8.53. The van der Waals surface area contributed by atoms with Crippen LogP contribution in [0.2, 0.25) is 5.02 Å². The zero-order chi connectivity index (χ0) is 17.3. The van der Waals surface area contributed by atoms with Gasteiger partial charge in [-0.2, -0.15) is 4.31 Å². The van der Waals surface area contributed by atoms with Gasteiger partial charge in [0.05, 0.1) is 28.2 Å². The quantitative estimate of drug-likeness (QED) is 0.813. The van der Waals surface area contributed by atoms with Gasteiger partial charge in [0.15, 0.2) is 0 Å². The van der Waals surface area contributed by atoms with E-state index >= 15 is 0 Å². The van der Waals surface area contributed by atoms with Crippen LogP contribution in [-0.4, -0.2) is 62.4 Å². The molecule has 1 amide bonds. The number of morpholine rings is 1. The Labute approximate surface area is 147 Å². The van der Waals surface area contributed by atoms with E-state index in [1.165, 1.54) is 22.5 Å². The lowest BCUT2D eigenvalue weighted by Crippen LogP contribution is -2.44. The number of halogens is 1. The minimum absolute atomic E-state index is 0.0435. The summed E-state index contributed by atoms with van der Waals surface area (Å²) in [6.07, 6.45) is 1.69. The van der Waals surface area contributed by atoms with Crippen LogP contribution in [0.3, 0.4) is 0 Å². The molecule has 1 aromatic carbocycles. The van der Waals surface area contributed by atoms with E-state index in [0.717, 1.165) is 12.8 Å². The Morgan fingerprint density at radius 1 is 1.25 bits per heavy atom. The lowest BCUT2D eigenvalue weighted by Gasteiger charge is -2.31. The van der Waals surface area contributed by atoms with Crippen molar-refractivity contribution in [2.45, 2.75) is 30.8 Å². The van der Waals surface area contributed by atoms with Gasteiger partial charge in [0, 0.05) is 26.2 Å². The Balaban J connectivity index is 1.90. The third-order valence-electron chi connectivity index (χ3n) is 4.40. The van der Waals surface area contributed by atoms with Crippen LogP contribution >= 0.6 is 11.6 Å². The molecule has 24 heavy (non-hydrogen) atoms. The van der Waals surface area contributed by atoms with Gasteiger partial charge in [0.25, 0.3) is 5.91 Å². The van der Waals surface area contributed by atoms with E-state index in [9.17, 15) is 13.2 Å². The number of carbonyl (C=O) groups excluding carboxylic acids is 1. The number of sulfonamides is 1. The molecule has 2 heterocycles. The van der Waals surface area contributed by atoms with Crippen LogP contribution < -0.4 is 0 Å². The van der Waals surface area contributed by atoms with Crippen molar-refractivity contribution in [3.63, 3.8) is 0 Å². The standard InChI is InChI=1S/C16H21ClN2O4S/c1-12-11-18(8-9-23-12)16(20)14-10-13(4-5-15(14)17)24(21,22)19-6-2-3-7-19/h4-5,10,12H,2-3,6-9,11H2,1H3. The molecule has 0 aliphatic carbocycles. The second-order valence-electron chi connectivity index (χ2n) is 6.19. The van der Waals surface area contributed by atoms with E-state index in [-0.39, 0.29) is 27.5 Å². The molecule has 2 fully saturated rings. The topological polar surface area (TPSA) is 66.9 Å². The number of carbonyl (C=O) groups is 1. The van der Waals surface area contributed by atoms with Gasteiger partial charge >= 0.3 is 0 Å². The van der Waals surface area contributed by atoms with Crippen molar-refractivity contribution in [1.82, 2.24) is 9.21 Å². The van der Waals surface area contributed by atoms with Gasteiger partial charge < -0.3 is 9.64 Å². The van der Waals surface area contributed by atoms with Crippen molar-refractivity contribution in [2.75, 3.05) is 32.8 Å². The summed E-state index contributed by atoms with van der Waals surface area (Å²) >= 11 is 6.17. The summed E-state index contributed by atoms with van der Waals surface area (Å²) in [5, 5.41) is 0.263.